The van der Waals surface area contributed by atoms with Crippen molar-refractivity contribution in [3.05, 3.63) is 0 Å². The van der Waals surface area contributed by atoms with E-state index in [-0.39, 0.29) is 11.2 Å². The van der Waals surface area contributed by atoms with Gasteiger partial charge in [0.15, 0.2) is 0 Å². The Hall–Kier alpha value is 0.180. The lowest BCUT2D eigenvalue weighted by molar-refractivity contribution is -0.133. The fourth-order valence-corrected chi connectivity index (χ4v) is 3.01. The van der Waals surface area contributed by atoms with Gasteiger partial charge in [0.2, 0.25) is 5.91 Å². The summed E-state index contributed by atoms with van der Waals surface area (Å²) in [5, 5.41) is 9.31. The lowest BCUT2D eigenvalue weighted by Crippen LogP contribution is -2.34. The second-order valence-corrected chi connectivity index (χ2v) is 5.05. The Balaban J connectivity index is 2.53. The number of aliphatic hydroxyl groups is 1. The normalized spacial score (nSPS) is 28.2. The largest absolute Gasteiger partial charge is 0.373 e. The van der Waals surface area contributed by atoms with Crippen LogP contribution in [0.1, 0.15) is 12.8 Å². The third kappa shape index (κ3) is 2.57. The van der Waals surface area contributed by atoms with Gasteiger partial charge in [-0.1, -0.05) is 8.93 Å². The molecule has 0 aromatic carbocycles. The van der Waals surface area contributed by atoms with E-state index in [2.05, 4.69) is 21.2 Å². The lowest BCUT2D eigenvalue weighted by Gasteiger charge is -2.18. The molecule has 1 aliphatic rings. The highest BCUT2D eigenvalue weighted by Crippen LogP contribution is 2.31. The monoisotopic (exact) mass is 315 g/mol. The lowest BCUT2D eigenvalue weighted by atomic mass is 10.3. The van der Waals surface area contributed by atoms with Gasteiger partial charge in [0.25, 0.3) is 0 Å². The fraction of sp³-hybridized carbons (Fsp3) is 0.714. The Morgan fingerprint density at radius 3 is 2.92 bits per heavy atom. The molecule has 1 saturated heterocycles. The van der Waals surface area contributed by atoms with E-state index in [0.29, 0.717) is 19.4 Å². The molecule has 1 heterocycles. The van der Waals surface area contributed by atoms with Crippen molar-refractivity contribution < 1.29 is 14.7 Å². The van der Waals surface area contributed by atoms with Crippen molar-refractivity contribution in [3.63, 3.8) is 0 Å². The first kappa shape index (κ1) is 11.3. The third-order valence-corrected chi connectivity index (χ3v) is 4.39. The van der Waals surface area contributed by atoms with Gasteiger partial charge >= 0.3 is 0 Å². The third-order valence-electron chi connectivity index (χ3n) is 1.94. The number of aldehydes is 1. The number of rotatable bonds is 4. The van der Waals surface area contributed by atoms with Gasteiger partial charge in [0, 0.05) is 19.4 Å². The second kappa shape index (κ2) is 5.16. The van der Waals surface area contributed by atoms with Crippen LogP contribution in [0.5, 0.6) is 0 Å². The van der Waals surface area contributed by atoms with Crippen molar-refractivity contribution in [2.75, 3.05) is 6.54 Å². The molecule has 1 amide bonds. The number of likely N-dealkylation sites (tertiary alicyclic amines) is 1. The minimum atomic E-state index is -0.709. The summed E-state index contributed by atoms with van der Waals surface area (Å²) in [6, 6.07) is 0. The van der Waals surface area contributed by atoms with Gasteiger partial charge < -0.3 is 14.8 Å². The van der Waals surface area contributed by atoms with E-state index < -0.39 is 6.23 Å². The fourth-order valence-electron chi connectivity index (χ4n) is 1.28. The van der Waals surface area contributed by atoms with Crippen molar-refractivity contribution in [3.8, 4) is 0 Å². The SMILES string of the molecule is O=CCCN1C(=O)C(SI)CC1O. The first-order valence-electron chi connectivity index (χ1n) is 3.90. The zero-order valence-electron chi connectivity index (χ0n) is 6.85. The van der Waals surface area contributed by atoms with Crippen LogP contribution < -0.4 is 0 Å². The number of nitrogens with zero attached hydrogens (tertiary/aromatic N) is 1. The smallest absolute Gasteiger partial charge is 0.238 e. The average molecular weight is 315 g/mol. The maximum Gasteiger partial charge on any atom is 0.238 e. The molecule has 1 aliphatic heterocycles. The standard InChI is InChI=1S/C7H10INO3S/c8-13-5-4-6(11)9(7(5)12)2-1-3-10/h3,5-6,11H,1-2,4H2. The number of hydrogen-bond acceptors (Lipinski definition) is 4. The van der Waals surface area contributed by atoms with Crippen LogP contribution >= 0.6 is 30.1 Å². The zero-order chi connectivity index (χ0) is 9.84. The molecule has 1 fully saturated rings. The molecule has 74 valence electrons. The number of hydrogen-bond donors (Lipinski definition) is 1. The minimum Gasteiger partial charge on any atom is -0.373 e. The van der Waals surface area contributed by atoms with Gasteiger partial charge in [-0.3, -0.25) is 4.79 Å². The number of carbonyl (C=O) groups excluding carboxylic acids is 2. The van der Waals surface area contributed by atoms with Crippen LogP contribution in [0.25, 0.3) is 0 Å². The van der Waals surface area contributed by atoms with Crippen LogP contribution in [-0.2, 0) is 9.59 Å². The molecule has 0 saturated carbocycles. The summed E-state index contributed by atoms with van der Waals surface area (Å²) in [7, 11) is 1.41. The van der Waals surface area contributed by atoms with Gasteiger partial charge in [-0.15, -0.1) is 0 Å². The van der Waals surface area contributed by atoms with Crippen LogP contribution in [0.2, 0.25) is 0 Å². The summed E-state index contributed by atoms with van der Waals surface area (Å²) in [5.41, 5.74) is 0. The maximum atomic E-state index is 11.5. The van der Waals surface area contributed by atoms with E-state index in [4.69, 9.17) is 0 Å². The Morgan fingerprint density at radius 2 is 2.46 bits per heavy atom. The summed E-state index contributed by atoms with van der Waals surface area (Å²) in [5.74, 6) is -0.0613. The molecular weight excluding hydrogens is 305 g/mol. The highest BCUT2D eigenvalue weighted by Gasteiger charge is 2.37. The summed E-state index contributed by atoms with van der Waals surface area (Å²) in [4.78, 5) is 22.9. The van der Waals surface area contributed by atoms with Crippen molar-refractivity contribution in [2.24, 2.45) is 0 Å². The number of amides is 1. The Morgan fingerprint density at radius 1 is 1.77 bits per heavy atom. The first-order valence-corrected chi connectivity index (χ1v) is 7.32. The molecule has 0 radical (unpaired) electrons. The number of carbonyl (C=O) groups is 2. The summed E-state index contributed by atoms with van der Waals surface area (Å²) in [6.07, 6.45) is 0.803. The van der Waals surface area contributed by atoms with Crippen molar-refractivity contribution in [1.82, 2.24) is 4.90 Å². The van der Waals surface area contributed by atoms with E-state index in [9.17, 15) is 14.7 Å². The number of aliphatic hydroxyl groups excluding tert-OH is 1. The molecule has 1 rings (SSSR count). The van der Waals surface area contributed by atoms with Gasteiger partial charge in [0.1, 0.15) is 12.5 Å². The van der Waals surface area contributed by atoms with Crippen LogP contribution in [0.15, 0.2) is 0 Å². The van der Waals surface area contributed by atoms with Crippen molar-refractivity contribution in [1.29, 1.82) is 0 Å². The summed E-state index contributed by atoms with van der Waals surface area (Å²) < 4.78 is 0. The quantitative estimate of drug-likeness (QED) is 0.609. The molecule has 13 heavy (non-hydrogen) atoms. The topological polar surface area (TPSA) is 57.6 Å². The molecule has 2 unspecified atom stereocenters. The molecule has 2 atom stereocenters. The summed E-state index contributed by atoms with van der Waals surface area (Å²) in [6.45, 7) is 0.331. The Kier molecular flexibility index (Phi) is 4.47. The van der Waals surface area contributed by atoms with Crippen LogP contribution in [0.4, 0.5) is 0 Å². The Bertz CT molecular complexity index is 214. The van der Waals surface area contributed by atoms with Crippen molar-refractivity contribution >= 4 is 42.3 Å². The molecule has 0 spiro atoms. The molecule has 0 bridgehead atoms. The second-order valence-electron chi connectivity index (χ2n) is 2.78. The molecule has 0 aromatic heterocycles. The van der Waals surface area contributed by atoms with E-state index in [1.807, 2.05) is 0 Å². The zero-order valence-corrected chi connectivity index (χ0v) is 9.82. The van der Waals surface area contributed by atoms with Gasteiger partial charge in [-0.2, -0.15) is 0 Å². The van der Waals surface area contributed by atoms with Crippen LogP contribution in [0, 0.1) is 0 Å². The summed E-state index contributed by atoms with van der Waals surface area (Å²) >= 11 is 2.05. The van der Waals surface area contributed by atoms with E-state index in [0.717, 1.165) is 6.29 Å². The highest BCUT2D eigenvalue weighted by molar-refractivity contribution is 14.2. The molecule has 4 nitrogen and oxygen atoms in total. The van der Waals surface area contributed by atoms with Gasteiger partial charge in [-0.05, 0) is 21.2 Å². The Labute approximate surface area is 92.6 Å². The van der Waals surface area contributed by atoms with Crippen LogP contribution in [0.3, 0.4) is 0 Å². The minimum absolute atomic E-state index is 0.0613. The van der Waals surface area contributed by atoms with E-state index in [1.165, 1.54) is 13.8 Å². The molecule has 6 heteroatoms. The van der Waals surface area contributed by atoms with Gasteiger partial charge in [0.05, 0.1) is 5.25 Å². The molecule has 1 N–H and O–H groups in total. The first-order chi connectivity index (χ1) is 6.20. The molecule has 0 aromatic rings. The molecule has 0 aliphatic carbocycles. The maximum absolute atomic E-state index is 11.5. The predicted molar refractivity (Wildman–Crippen MR) is 58.4 cm³/mol. The van der Waals surface area contributed by atoms with Crippen molar-refractivity contribution in [2.45, 2.75) is 24.3 Å². The van der Waals surface area contributed by atoms with Gasteiger partial charge in [-0.25, -0.2) is 0 Å². The average Bonchev–Trinajstić information content (AvgIpc) is 2.39. The molecular formula is C7H10INO3S. The van der Waals surface area contributed by atoms with E-state index in [1.54, 1.807) is 0 Å². The highest BCUT2D eigenvalue weighted by atomic mass is 127. The van der Waals surface area contributed by atoms with Crippen LogP contribution in [-0.4, -0.2) is 40.2 Å². The van der Waals surface area contributed by atoms with E-state index >= 15 is 0 Å². The number of halogens is 1. The predicted octanol–water partition coefficient (Wildman–Crippen LogP) is 0.578.